The first-order chi connectivity index (χ1) is 8.01. The third-order valence-electron chi connectivity index (χ3n) is 2.57. The summed E-state index contributed by atoms with van der Waals surface area (Å²) in [4.78, 5) is 2.39. The van der Waals surface area contributed by atoms with Gasteiger partial charge < -0.3 is 10.6 Å². The lowest BCUT2D eigenvalue weighted by Gasteiger charge is -2.18. The molecule has 0 aromatic heterocycles. The first-order valence-electron chi connectivity index (χ1n) is 5.75. The lowest BCUT2D eigenvalue weighted by molar-refractivity contribution is 0.594. The first kappa shape index (κ1) is 14.0. The second-order valence-electron chi connectivity index (χ2n) is 4.02. The van der Waals surface area contributed by atoms with Crippen LogP contribution in [0.15, 0.2) is 29.2 Å². The quantitative estimate of drug-likeness (QED) is 0.832. The molecule has 0 amide bonds. The molecule has 0 radical (unpaired) electrons. The van der Waals surface area contributed by atoms with Crippen molar-refractivity contribution in [1.82, 2.24) is 0 Å². The van der Waals surface area contributed by atoms with Crippen LogP contribution in [0.4, 0.5) is 5.69 Å². The first-order valence-corrected chi connectivity index (χ1v) is 7.40. The summed E-state index contributed by atoms with van der Waals surface area (Å²) in [6.07, 6.45) is 0.636. The summed E-state index contributed by atoms with van der Waals surface area (Å²) in [5.74, 6) is 0.199. The van der Waals surface area contributed by atoms with E-state index in [1.54, 1.807) is 12.1 Å². The highest BCUT2D eigenvalue weighted by Gasteiger charge is 2.12. The van der Waals surface area contributed by atoms with E-state index in [4.69, 9.17) is 5.73 Å². The summed E-state index contributed by atoms with van der Waals surface area (Å²) < 4.78 is 23.6. The zero-order valence-electron chi connectivity index (χ0n) is 10.4. The van der Waals surface area contributed by atoms with Crippen molar-refractivity contribution in [3.05, 3.63) is 24.3 Å². The van der Waals surface area contributed by atoms with Gasteiger partial charge in [-0.25, -0.2) is 8.42 Å². The van der Waals surface area contributed by atoms with Crippen molar-refractivity contribution in [2.24, 2.45) is 5.73 Å². The average molecular weight is 256 g/mol. The molecular weight excluding hydrogens is 236 g/mol. The van der Waals surface area contributed by atoms with E-state index in [1.165, 1.54) is 0 Å². The highest BCUT2D eigenvalue weighted by molar-refractivity contribution is 7.91. The van der Waals surface area contributed by atoms with Crippen LogP contribution >= 0.6 is 0 Å². The second kappa shape index (κ2) is 6.02. The normalized spacial score (nSPS) is 11.5. The topological polar surface area (TPSA) is 63.4 Å². The minimum absolute atomic E-state index is 0.199. The molecule has 0 unspecified atom stereocenters. The molecule has 1 aromatic rings. The van der Waals surface area contributed by atoms with Gasteiger partial charge in [0.05, 0.1) is 10.6 Å². The van der Waals surface area contributed by atoms with Gasteiger partial charge >= 0.3 is 0 Å². The maximum atomic E-state index is 11.8. The molecular formula is C12H20N2O2S. The molecule has 0 aliphatic heterocycles. The zero-order chi connectivity index (χ0) is 12.9. The largest absolute Gasteiger partial charge is 0.373 e. The van der Waals surface area contributed by atoms with Crippen molar-refractivity contribution >= 4 is 15.5 Å². The molecule has 1 rings (SSSR count). The third-order valence-corrected chi connectivity index (χ3v) is 4.51. The van der Waals surface area contributed by atoms with Crippen LogP contribution in [-0.2, 0) is 9.84 Å². The summed E-state index contributed by atoms with van der Waals surface area (Å²) in [6.45, 7) is 3.19. The van der Waals surface area contributed by atoms with Gasteiger partial charge in [-0.3, -0.25) is 0 Å². The minimum atomic E-state index is -3.11. The molecule has 0 bridgehead atoms. The van der Waals surface area contributed by atoms with Gasteiger partial charge in [0.2, 0.25) is 0 Å². The number of anilines is 1. The number of nitrogens with two attached hydrogens (primary N) is 1. The molecule has 5 heteroatoms. The molecule has 0 spiro atoms. The predicted octanol–water partition coefficient (Wildman–Crippen LogP) is 1.27. The molecule has 2 N–H and O–H groups in total. The minimum Gasteiger partial charge on any atom is -0.373 e. The maximum Gasteiger partial charge on any atom is 0.178 e. The van der Waals surface area contributed by atoms with Crippen LogP contribution in [0.5, 0.6) is 0 Å². The highest BCUT2D eigenvalue weighted by Crippen LogP contribution is 2.18. The number of benzene rings is 1. The Bertz CT molecular complexity index is 440. The van der Waals surface area contributed by atoms with Crippen LogP contribution in [0.25, 0.3) is 0 Å². The van der Waals surface area contributed by atoms with Gasteiger partial charge in [-0.05, 0) is 30.7 Å². The smallest absolute Gasteiger partial charge is 0.178 e. The van der Waals surface area contributed by atoms with Gasteiger partial charge in [0.25, 0.3) is 0 Å². The van der Waals surface area contributed by atoms with Crippen LogP contribution in [0.3, 0.4) is 0 Å². The summed E-state index contributed by atoms with van der Waals surface area (Å²) in [6, 6.07) is 6.96. The average Bonchev–Trinajstić information content (AvgIpc) is 2.29. The Kier molecular flexibility index (Phi) is 4.96. The van der Waals surface area contributed by atoms with Crippen LogP contribution in [-0.4, -0.2) is 34.3 Å². The van der Waals surface area contributed by atoms with Gasteiger partial charge in [0, 0.05) is 25.8 Å². The molecule has 17 heavy (non-hydrogen) atoms. The number of likely N-dealkylation sites (N-methyl/N-ethyl adjacent to an activating group) is 1. The van der Waals surface area contributed by atoms with Gasteiger partial charge in [0.1, 0.15) is 0 Å². The molecule has 0 heterocycles. The van der Waals surface area contributed by atoms with Crippen LogP contribution in [0.1, 0.15) is 13.3 Å². The molecule has 4 nitrogen and oxygen atoms in total. The predicted molar refractivity (Wildman–Crippen MR) is 71.1 cm³/mol. The Balaban J connectivity index is 2.88. The van der Waals surface area contributed by atoms with E-state index in [9.17, 15) is 8.42 Å². The molecule has 0 saturated heterocycles. The van der Waals surface area contributed by atoms with Gasteiger partial charge in [-0.1, -0.05) is 6.92 Å². The van der Waals surface area contributed by atoms with E-state index in [1.807, 2.05) is 31.0 Å². The summed E-state index contributed by atoms with van der Waals surface area (Å²) in [7, 11) is -1.18. The fourth-order valence-electron chi connectivity index (χ4n) is 1.62. The fraction of sp³-hybridized carbons (Fsp3) is 0.500. The van der Waals surface area contributed by atoms with E-state index in [0.29, 0.717) is 17.9 Å². The number of rotatable bonds is 6. The lowest BCUT2D eigenvalue weighted by atomic mass is 10.3. The number of hydrogen-bond acceptors (Lipinski definition) is 4. The van der Waals surface area contributed by atoms with Crippen molar-refractivity contribution in [2.45, 2.75) is 18.2 Å². The standard InChI is InChI=1S/C12H20N2O2S/c1-3-10-17(15,16)12-6-4-11(5-7-12)14(2)9-8-13/h4-7H,3,8-10,13H2,1-2H3. The van der Waals surface area contributed by atoms with Gasteiger partial charge in [-0.2, -0.15) is 0 Å². The van der Waals surface area contributed by atoms with E-state index < -0.39 is 9.84 Å². The fourth-order valence-corrected chi connectivity index (χ4v) is 2.94. The Morgan fingerprint density at radius 2 is 1.82 bits per heavy atom. The zero-order valence-corrected chi connectivity index (χ0v) is 11.2. The Labute approximate surface area is 103 Å². The monoisotopic (exact) mass is 256 g/mol. The summed E-state index contributed by atoms with van der Waals surface area (Å²) in [5, 5.41) is 0. The van der Waals surface area contributed by atoms with E-state index in [0.717, 1.165) is 12.2 Å². The second-order valence-corrected chi connectivity index (χ2v) is 6.13. The number of hydrogen-bond donors (Lipinski definition) is 1. The highest BCUT2D eigenvalue weighted by atomic mass is 32.2. The Morgan fingerprint density at radius 3 is 2.29 bits per heavy atom. The van der Waals surface area contributed by atoms with Crippen molar-refractivity contribution in [3.63, 3.8) is 0 Å². The lowest BCUT2D eigenvalue weighted by Crippen LogP contribution is -2.24. The van der Waals surface area contributed by atoms with Crippen LogP contribution in [0, 0.1) is 0 Å². The summed E-state index contributed by atoms with van der Waals surface area (Å²) >= 11 is 0. The van der Waals surface area contributed by atoms with Crippen molar-refractivity contribution in [1.29, 1.82) is 0 Å². The molecule has 96 valence electrons. The SMILES string of the molecule is CCCS(=O)(=O)c1ccc(N(C)CCN)cc1. The maximum absolute atomic E-state index is 11.8. The molecule has 0 aliphatic rings. The van der Waals surface area contributed by atoms with E-state index >= 15 is 0 Å². The Morgan fingerprint density at radius 1 is 1.24 bits per heavy atom. The number of sulfone groups is 1. The summed E-state index contributed by atoms with van der Waals surface area (Å²) in [5.41, 5.74) is 6.45. The molecule has 0 atom stereocenters. The van der Waals surface area contributed by atoms with Crippen molar-refractivity contribution in [2.75, 3.05) is 30.8 Å². The molecule has 0 saturated carbocycles. The molecule has 0 aliphatic carbocycles. The van der Waals surface area contributed by atoms with Gasteiger partial charge in [-0.15, -0.1) is 0 Å². The van der Waals surface area contributed by atoms with E-state index in [2.05, 4.69) is 0 Å². The van der Waals surface area contributed by atoms with Gasteiger partial charge in [0.15, 0.2) is 9.84 Å². The van der Waals surface area contributed by atoms with Crippen molar-refractivity contribution in [3.8, 4) is 0 Å². The molecule has 1 aromatic carbocycles. The van der Waals surface area contributed by atoms with Crippen molar-refractivity contribution < 1.29 is 8.42 Å². The number of nitrogens with zero attached hydrogens (tertiary/aromatic N) is 1. The Hall–Kier alpha value is -1.07. The third kappa shape index (κ3) is 3.71. The van der Waals surface area contributed by atoms with E-state index in [-0.39, 0.29) is 5.75 Å². The van der Waals surface area contributed by atoms with Crippen LogP contribution < -0.4 is 10.6 Å². The molecule has 0 fully saturated rings. The van der Waals surface area contributed by atoms with Crippen LogP contribution in [0.2, 0.25) is 0 Å².